The largest absolute Gasteiger partial charge is 0.425 e. The molecule has 108 valence electrons. The lowest BCUT2D eigenvalue weighted by Crippen LogP contribution is -2.17. The number of hydrogen-bond donors (Lipinski definition) is 1. The first-order chi connectivity index (χ1) is 9.70. The van der Waals surface area contributed by atoms with E-state index in [0.29, 0.717) is 18.2 Å². The van der Waals surface area contributed by atoms with Crippen LogP contribution in [0.3, 0.4) is 0 Å². The first kappa shape index (κ1) is 14.6. The van der Waals surface area contributed by atoms with E-state index in [0.717, 1.165) is 25.6 Å². The van der Waals surface area contributed by atoms with Gasteiger partial charge in [0.1, 0.15) is 0 Å². The minimum absolute atomic E-state index is 0.0962. The van der Waals surface area contributed by atoms with Crippen LogP contribution in [-0.4, -0.2) is 23.3 Å². The van der Waals surface area contributed by atoms with Crippen molar-refractivity contribution in [3.8, 4) is 0 Å². The molecule has 0 spiro atoms. The molecule has 0 atom stereocenters. The van der Waals surface area contributed by atoms with E-state index >= 15 is 0 Å². The van der Waals surface area contributed by atoms with Crippen molar-refractivity contribution in [1.82, 2.24) is 15.5 Å². The van der Waals surface area contributed by atoms with Crippen molar-refractivity contribution >= 4 is 0 Å². The normalized spacial score (nSPS) is 10.9. The molecule has 0 aliphatic rings. The van der Waals surface area contributed by atoms with Gasteiger partial charge in [-0.3, -0.25) is 0 Å². The van der Waals surface area contributed by atoms with Gasteiger partial charge in [-0.15, -0.1) is 10.2 Å². The Morgan fingerprint density at radius 1 is 1.15 bits per heavy atom. The van der Waals surface area contributed by atoms with Crippen LogP contribution in [0.25, 0.3) is 0 Å². The third kappa shape index (κ3) is 3.84. The minimum Gasteiger partial charge on any atom is -0.425 e. The van der Waals surface area contributed by atoms with Crippen LogP contribution in [0.2, 0.25) is 0 Å². The second-order valence-electron chi connectivity index (χ2n) is 4.48. The van der Waals surface area contributed by atoms with Crippen molar-refractivity contribution in [1.29, 1.82) is 0 Å². The smallest absolute Gasteiger partial charge is 0.221 e. The third-order valence-corrected chi connectivity index (χ3v) is 2.82. The third-order valence-electron chi connectivity index (χ3n) is 2.82. The van der Waals surface area contributed by atoms with E-state index in [-0.39, 0.29) is 12.0 Å². The second kappa shape index (κ2) is 7.09. The molecule has 1 aromatic carbocycles. The number of hydrogen-bond acceptors (Lipinski definition) is 4. The van der Waals surface area contributed by atoms with Crippen molar-refractivity contribution in [2.24, 2.45) is 0 Å². The van der Waals surface area contributed by atoms with E-state index in [9.17, 15) is 8.78 Å². The molecule has 1 aromatic heterocycles. The molecule has 0 fully saturated rings. The number of nitrogens with one attached hydrogen (secondary N) is 1. The summed E-state index contributed by atoms with van der Waals surface area (Å²) >= 11 is 0. The summed E-state index contributed by atoms with van der Waals surface area (Å²) in [5.41, 5.74) is 0.212. The van der Waals surface area contributed by atoms with Gasteiger partial charge < -0.3 is 9.73 Å². The van der Waals surface area contributed by atoms with Gasteiger partial charge in [-0.25, -0.2) is 8.78 Å². The maximum absolute atomic E-state index is 13.5. The van der Waals surface area contributed by atoms with Crippen molar-refractivity contribution in [2.75, 3.05) is 13.1 Å². The predicted molar refractivity (Wildman–Crippen MR) is 70.3 cm³/mol. The molecule has 4 nitrogen and oxygen atoms in total. The van der Waals surface area contributed by atoms with Crippen molar-refractivity contribution < 1.29 is 13.2 Å². The van der Waals surface area contributed by atoms with Crippen molar-refractivity contribution in [3.63, 3.8) is 0 Å². The molecule has 2 rings (SSSR count). The Bertz CT molecular complexity index is 557. The molecule has 0 saturated carbocycles. The van der Waals surface area contributed by atoms with Gasteiger partial charge in [-0.05, 0) is 19.0 Å². The molecule has 0 unspecified atom stereocenters. The van der Waals surface area contributed by atoms with Gasteiger partial charge >= 0.3 is 0 Å². The predicted octanol–water partition coefficient (Wildman–Crippen LogP) is 2.48. The molecule has 0 radical (unpaired) electrons. The highest BCUT2D eigenvalue weighted by atomic mass is 19.2. The van der Waals surface area contributed by atoms with E-state index in [2.05, 4.69) is 22.4 Å². The van der Waals surface area contributed by atoms with Crippen LogP contribution in [0.15, 0.2) is 22.6 Å². The Hall–Kier alpha value is -1.82. The summed E-state index contributed by atoms with van der Waals surface area (Å²) in [7, 11) is 0. The van der Waals surface area contributed by atoms with Crippen molar-refractivity contribution in [2.45, 2.75) is 26.2 Å². The zero-order chi connectivity index (χ0) is 14.4. The summed E-state index contributed by atoms with van der Waals surface area (Å²) in [5.74, 6) is -0.941. The van der Waals surface area contributed by atoms with Gasteiger partial charge in [-0.1, -0.05) is 19.1 Å². The summed E-state index contributed by atoms with van der Waals surface area (Å²) in [5, 5.41) is 11.0. The summed E-state index contributed by atoms with van der Waals surface area (Å²) in [6.45, 7) is 3.78. The average molecular weight is 281 g/mol. The van der Waals surface area contributed by atoms with E-state index in [1.807, 2.05) is 0 Å². The lowest BCUT2D eigenvalue weighted by atomic mass is 10.1. The van der Waals surface area contributed by atoms with Gasteiger partial charge in [0.2, 0.25) is 11.8 Å². The fourth-order valence-electron chi connectivity index (χ4n) is 1.81. The van der Waals surface area contributed by atoms with Crippen LogP contribution in [0.5, 0.6) is 0 Å². The van der Waals surface area contributed by atoms with Crippen LogP contribution in [0, 0.1) is 11.6 Å². The molecule has 0 aliphatic carbocycles. The molecule has 0 bridgehead atoms. The standard InChI is InChI=1S/C14H17F2N3O/c1-2-7-17-8-6-12-18-19-13(20-12)9-10-4-3-5-11(15)14(10)16/h3-5,17H,2,6-9H2,1H3. The molecule has 0 amide bonds. The molecule has 0 aliphatic heterocycles. The number of aromatic nitrogens is 2. The molecule has 2 aromatic rings. The molecule has 0 saturated heterocycles. The van der Waals surface area contributed by atoms with Crippen LogP contribution < -0.4 is 5.32 Å². The Kier molecular flexibility index (Phi) is 5.17. The SMILES string of the molecule is CCCNCCc1nnc(Cc2cccc(F)c2F)o1. The van der Waals surface area contributed by atoms with Crippen LogP contribution in [-0.2, 0) is 12.8 Å². The maximum atomic E-state index is 13.5. The zero-order valence-electron chi connectivity index (χ0n) is 11.3. The maximum Gasteiger partial charge on any atom is 0.221 e. The zero-order valence-corrected chi connectivity index (χ0v) is 11.3. The molecular formula is C14H17F2N3O. The van der Waals surface area contributed by atoms with Gasteiger partial charge in [0.25, 0.3) is 0 Å². The van der Waals surface area contributed by atoms with E-state index in [4.69, 9.17) is 4.42 Å². The van der Waals surface area contributed by atoms with Crippen LogP contribution in [0.4, 0.5) is 8.78 Å². The van der Waals surface area contributed by atoms with Gasteiger partial charge in [0.15, 0.2) is 11.6 Å². The van der Waals surface area contributed by atoms with Crippen LogP contribution in [0.1, 0.15) is 30.7 Å². The van der Waals surface area contributed by atoms with Crippen LogP contribution >= 0.6 is 0 Å². The highest BCUT2D eigenvalue weighted by Crippen LogP contribution is 2.15. The second-order valence-corrected chi connectivity index (χ2v) is 4.48. The van der Waals surface area contributed by atoms with E-state index in [1.165, 1.54) is 12.1 Å². The summed E-state index contributed by atoms with van der Waals surface area (Å²) in [6.07, 6.45) is 1.78. The van der Waals surface area contributed by atoms with Gasteiger partial charge in [0, 0.05) is 18.5 Å². The summed E-state index contributed by atoms with van der Waals surface area (Å²) in [6, 6.07) is 4.04. The number of nitrogens with zero attached hydrogens (tertiary/aromatic N) is 2. The topological polar surface area (TPSA) is 51.0 Å². The molecular weight excluding hydrogens is 264 g/mol. The number of rotatable bonds is 7. The molecule has 1 N–H and O–H groups in total. The lowest BCUT2D eigenvalue weighted by Gasteiger charge is -2.00. The minimum atomic E-state index is -0.869. The molecule has 1 heterocycles. The summed E-state index contributed by atoms with van der Waals surface area (Å²) < 4.78 is 32.0. The Morgan fingerprint density at radius 2 is 1.95 bits per heavy atom. The van der Waals surface area contributed by atoms with Crippen molar-refractivity contribution in [3.05, 3.63) is 47.2 Å². The number of benzene rings is 1. The first-order valence-corrected chi connectivity index (χ1v) is 6.65. The fourth-order valence-corrected chi connectivity index (χ4v) is 1.81. The average Bonchev–Trinajstić information content (AvgIpc) is 2.88. The van der Waals surface area contributed by atoms with E-state index < -0.39 is 11.6 Å². The summed E-state index contributed by atoms with van der Waals surface area (Å²) in [4.78, 5) is 0. The number of halogens is 2. The highest BCUT2D eigenvalue weighted by Gasteiger charge is 2.12. The Balaban J connectivity index is 1.94. The monoisotopic (exact) mass is 281 g/mol. The lowest BCUT2D eigenvalue weighted by molar-refractivity contribution is 0.445. The fraction of sp³-hybridized carbons (Fsp3) is 0.429. The molecule has 6 heteroatoms. The Labute approximate surface area is 116 Å². The van der Waals surface area contributed by atoms with Gasteiger partial charge in [-0.2, -0.15) is 0 Å². The van der Waals surface area contributed by atoms with E-state index in [1.54, 1.807) is 0 Å². The first-order valence-electron chi connectivity index (χ1n) is 6.65. The van der Waals surface area contributed by atoms with Gasteiger partial charge in [0.05, 0.1) is 6.42 Å². The Morgan fingerprint density at radius 3 is 2.75 bits per heavy atom. The quantitative estimate of drug-likeness (QED) is 0.792. The molecule has 20 heavy (non-hydrogen) atoms. The highest BCUT2D eigenvalue weighted by molar-refractivity contribution is 5.21.